The molecule has 1 N–H and O–H groups in total. The van der Waals surface area contributed by atoms with Crippen molar-refractivity contribution in [3.8, 4) is 5.75 Å². The number of H-pyrrole nitrogens is 1. The minimum Gasteiger partial charge on any atom is -0.492 e. The quantitative estimate of drug-likeness (QED) is 0.672. The lowest BCUT2D eigenvalue weighted by Crippen LogP contribution is -2.12. The van der Waals surface area contributed by atoms with Gasteiger partial charge in [-0.05, 0) is 21.7 Å². The van der Waals surface area contributed by atoms with E-state index in [1.807, 2.05) is 6.92 Å². The molecule has 0 saturated carbocycles. The summed E-state index contributed by atoms with van der Waals surface area (Å²) in [7, 11) is 0. The third kappa shape index (κ3) is 1.95. The second kappa shape index (κ2) is 4.79. The molecule has 3 rings (SSSR count). The first-order chi connectivity index (χ1) is 9.13. The minimum atomic E-state index is -0.542. The Bertz CT molecular complexity index is 732. The Morgan fingerprint density at radius 1 is 1.58 bits per heavy atom. The Hall–Kier alpha value is -1.08. The molecule has 0 bridgehead atoms. The van der Waals surface area contributed by atoms with Crippen molar-refractivity contribution < 1.29 is 9.13 Å². The van der Waals surface area contributed by atoms with E-state index in [0.29, 0.717) is 29.3 Å². The van der Waals surface area contributed by atoms with Gasteiger partial charge in [-0.3, -0.25) is 4.79 Å². The van der Waals surface area contributed by atoms with Crippen LogP contribution in [-0.2, 0) is 6.42 Å². The summed E-state index contributed by atoms with van der Waals surface area (Å²) < 4.78 is 19.9. The molecule has 2 aromatic rings. The molecule has 2 heterocycles. The van der Waals surface area contributed by atoms with Gasteiger partial charge in [0, 0.05) is 12.0 Å². The normalized spacial score (nSPS) is 13.6. The first-order valence-corrected chi connectivity index (χ1v) is 7.60. The summed E-state index contributed by atoms with van der Waals surface area (Å²) in [5.74, 6) is 0.638. The Morgan fingerprint density at radius 2 is 2.37 bits per heavy atom. The topological polar surface area (TPSA) is 55.0 Å². The lowest BCUT2D eigenvalue weighted by Gasteiger charge is -2.08. The molecule has 0 amide bonds. The summed E-state index contributed by atoms with van der Waals surface area (Å²) >= 11 is 4.55. The van der Waals surface area contributed by atoms with Crippen molar-refractivity contribution in [2.24, 2.45) is 0 Å². The summed E-state index contributed by atoms with van der Waals surface area (Å²) in [5, 5.41) is 0.735. The zero-order valence-electron chi connectivity index (χ0n) is 10.0. The van der Waals surface area contributed by atoms with Gasteiger partial charge in [-0.1, -0.05) is 18.7 Å². The molecule has 1 aromatic heterocycles. The third-order valence-corrected chi connectivity index (χ3v) is 4.42. The highest BCUT2D eigenvalue weighted by Gasteiger charge is 2.26. The van der Waals surface area contributed by atoms with Gasteiger partial charge in [-0.25, -0.2) is 9.37 Å². The fraction of sp³-hybridized carbons (Fsp3) is 0.333. The molecule has 100 valence electrons. The zero-order chi connectivity index (χ0) is 13.6. The number of ether oxygens (including phenoxy) is 1. The summed E-state index contributed by atoms with van der Waals surface area (Å²) in [6.07, 6.45) is 0.593. The number of hydrogen-bond donors (Lipinski definition) is 1. The summed E-state index contributed by atoms with van der Waals surface area (Å²) in [6, 6.07) is 0. The van der Waals surface area contributed by atoms with Crippen molar-refractivity contribution in [2.45, 2.75) is 18.5 Å². The number of fused-ring (bicyclic) bond motifs is 3. The number of thioether (sulfide) groups is 1. The van der Waals surface area contributed by atoms with Crippen molar-refractivity contribution in [2.75, 3.05) is 12.4 Å². The summed E-state index contributed by atoms with van der Waals surface area (Å²) in [4.78, 5) is 19.0. The Kier molecular flexibility index (Phi) is 3.26. The van der Waals surface area contributed by atoms with Crippen LogP contribution in [0.1, 0.15) is 12.5 Å². The van der Waals surface area contributed by atoms with E-state index >= 15 is 0 Å². The molecule has 0 atom stereocenters. The zero-order valence-corrected chi connectivity index (χ0v) is 12.5. The molecule has 0 fully saturated rings. The lowest BCUT2D eigenvalue weighted by molar-refractivity contribution is 0.353. The number of rotatable bonds is 2. The number of nitrogens with zero attached hydrogens (tertiary/aromatic N) is 1. The van der Waals surface area contributed by atoms with E-state index in [4.69, 9.17) is 4.74 Å². The first-order valence-electron chi connectivity index (χ1n) is 5.83. The van der Waals surface area contributed by atoms with E-state index in [0.717, 1.165) is 11.3 Å². The first kappa shape index (κ1) is 12.9. The van der Waals surface area contributed by atoms with Gasteiger partial charge in [0.25, 0.3) is 5.56 Å². The lowest BCUT2D eigenvalue weighted by atomic mass is 10.1. The van der Waals surface area contributed by atoms with Crippen LogP contribution >= 0.6 is 27.7 Å². The largest absolute Gasteiger partial charge is 0.492 e. The van der Waals surface area contributed by atoms with Gasteiger partial charge >= 0.3 is 0 Å². The molecule has 0 aliphatic carbocycles. The molecule has 0 spiro atoms. The number of benzene rings is 1. The monoisotopic (exact) mass is 344 g/mol. The van der Waals surface area contributed by atoms with E-state index in [9.17, 15) is 9.18 Å². The van der Waals surface area contributed by atoms with Crippen LogP contribution in [0.25, 0.3) is 10.9 Å². The molecular weight excluding hydrogens is 335 g/mol. The Morgan fingerprint density at radius 3 is 3.11 bits per heavy atom. The highest BCUT2D eigenvalue weighted by molar-refractivity contribution is 9.10. The Balaban J connectivity index is 2.41. The molecule has 0 radical (unpaired) electrons. The second-order valence-electron chi connectivity index (χ2n) is 4.06. The van der Waals surface area contributed by atoms with Crippen molar-refractivity contribution in [1.29, 1.82) is 0 Å². The Labute approximate surface area is 120 Å². The van der Waals surface area contributed by atoms with E-state index in [1.165, 1.54) is 11.8 Å². The molecule has 19 heavy (non-hydrogen) atoms. The average Bonchev–Trinajstić information content (AvgIpc) is 2.85. The van der Waals surface area contributed by atoms with E-state index in [1.54, 1.807) is 0 Å². The maximum Gasteiger partial charge on any atom is 0.259 e. The number of hydrogen-bond acceptors (Lipinski definition) is 4. The van der Waals surface area contributed by atoms with E-state index < -0.39 is 5.82 Å². The number of nitrogens with one attached hydrogen (secondary N) is 1. The minimum absolute atomic E-state index is 0.107. The van der Waals surface area contributed by atoms with Gasteiger partial charge < -0.3 is 9.72 Å². The highest BCUT2D eigenvalue weighted by atomic mass is 79.9. The van der Waals surface area contributed by atoms with Gasteiger partial charge in [0.2, 0.25) is 0 Å². The van der Waals surface area contributed by atoms with Crippen molar-refractivity contribution in [1.82, 2.24) is 9.97 Å². The predicted octanol–water partition coefficient (Wildman–Crippen LogP) is 2.87. The fourth-order valence-electron chi connectivity index (χ4n) is 2.19. The van der Waals surface area contributed by atoms with Crippen LogP contribution in [0.5, 0.6) is 5.75 Å². The van der Waals surface area contributed by atoms with Crippen LogP contribution in [0.4, 0.5) is 4.39 Å². The number of aromatic nitrogens is 2. The predicted molar refractivity (Wildman–Crippen MR) is 75.6 cm³/mol. The second-order valence-corrected chi connectivity index (χ2v) is 6.11. The van der Waals surface area contributed by atoms with Gasteiger partial charge in [-0.2, -0.15) is 0 Å². The SMILES string of the molecule is CCSc1nc2c(F)c(Br)c3c(c2c(=O)[nH]1)CCO3. The third-order valence-electron chi connectivity index (χ3n) is 2.95. The van der Waals surface area contributed by atoms with Gasteiger partial charge in [0.05, 0.1) is 16.5 Å². The van der Waals surface area contributed by atoms with E-state index in [-0.39, 0.29) is 15.5 Å². The van der Waals surface area contributed by atoms with Crippen LogP contribution in [-0.4, -0.2) is 22.3 Å². The van der Waals surface area contributed by atoms with Crippen LogP contribution in [0.3, 0.4) is 0 Å². The van der Waals surface area contributed by atoms with Crippen LogP contribution in [0.2, 0.25) is 0 Å². The number of halogens is 2. The molecule has 4 nitrogen and oxygen atoms in total. The number of aromatic amines is 1. The van der Waals surface area contributed by atoms with Crippen molar-refractivity contribution in [3.63, 3.8) is 0 Å². The van der Waals surface area contributed by atoms with Gasteiger partial charge in [0.15, 0.2) is 11.0 Å². The highest BCUT2D eigenvalue weighted by Crippen LogP contribution is 2.40. The maximum atomic E-state index is 14.3. The molecule has 1 aliphatic rings. The molecule has 0 unspecified atom stereocenters. The standard InChI is InChI=1S/C12H10BrFN2O2S/c1-2-19-12-15-9-6(11(17)16-12)5-3-4-18-10(5)7(13)8(9)14/h2-4H2,1H3,(H,15,16,17). The fourth-order valence-corrected chi connectivity index (χ4v) is 3.33. The molecule has 1 aromatic carbocycles. The van der Waals surface area contributed by atoms with Gasteiger partial charge in [0.1, 0.15) is 11.3 Å². The van der Waals surface area contributed by atoms with Gasteiger partial charge in [-0.15, -0.1) is 0 Å². The van der Waals surface area contributed by atoms with E-state index in [2.05, 4.69) is 25.9 Å². The van der Waals surface area contributed by atoms with Crippen LogP contribution in [0.15, 0.2) is 14.4 Å². The molecule has 0 saturated heterocycles. The molecule has 7 heteroatoms. The summed E-state index contributed by atoms with van der Waals surface area (Å²) in [5.41, 5.74) is 0.523. The maximum absolute atomic E-state index is 14.3. The van der Waals surface area contributed by atoms with Crippen molar-refractivity contribution >= 4 is 38.6 Å². The molecule has 1 aliphatic heterocycles. The van der Waals surface area contributed by atoms with Crippen LogP contribution in [0, 0.1) is 5.82 Å². The summed E-state index contributed by atoms with van der Waals surface area (Å²) in [6.45, 7) is 2.40. The van der Waals surface area contributed by atoms with Crippen molar-refractivity contribution in [3.05, 3.63) is 26.2 Å². The van der Waals surface area contributed by atoms with Crippen LogP contribution < -0.4 is 10.3 Å². The smallest absolute Gasteiger partial charge is 0.259 e. The average molecular weight is 345 g/mol. The molecular formula is C12H10BrFN2O2S.